The summed E-state index contributed by atoms with van der Waals surface area (Å²) < 4.78 is 17.9. The Morgan fingerprint density at radius 3 is 2.25 bits per heavy atom. The quantitative estimate of drug-likeness (QED) is 0.769. The maximum atomic E-state index is 12.3. The smallest absolute Gasteiger partial charge is 0.324 e. The van der Waals surface area contributed by atoms with Crippen molar-refractivity contribution >= 4 is 7.60 Å². The van der Waals surface area contributed by atoms with E-state index < -0.39 is 7.60 Å². The van der Waals surface area contributed by atoms with E-state index in [1.807, 2.05) is 6.92 Å². The van der Waals surface area contributed by atoms with Crippen LogP contribution in [0.5, 0.6) is 0 Å². The van der Waals surface area contributed by atoms with Crippen LogP contribution >= 0.6 is 7.60 Å². The first kappa shape index (κ1) is 12.6. The molecule has 3 nitrogen and oxygen atoms in total. The van der Waals surface area contributed by atoms with Crippen LogP contribution in [-0.2, 0) is 9.09 Å². The fourth-order valence-electron chi connectivity index (χ4n) is 3.01. The van der Waals surface area contributed by atoms with E-state index in [9.17, 15) is 9.46 Å². The Morgan fingerprint density at radius 1 is 1.12 bits per heavy atom. The van der Waals surface area contributed by atoms with Crippen LogP contribution in [0.3, 0.4) is 0 Å². The average Bonchev–Trinajstić information content (AvgIpc) is 2.65. The molecule has 0 radical (unpaired) electrons. The summed E-state index contributed by atoms with van der Waals surface area (Å²) in [5, 5.41) is 0. The van der Waals surface area contributed by atoms with Crippen LogP contribution < -0.4 is 0 Å². The van der Waals surface area contributed by atoms with E-state index in [-0.39, 0.29) is 11.3 Å². The second kappa shape index (κ2) is 4.80. The average molecular weight is 246 g/mol. The summed E-state index contributed by atoms with van der Waals surface area (Å²) in [5.74, 6) is 0. The lowest BCUT2D eigenvalue weighted by atomic mass is 10.0. The van der Waals surface area contributed by atoms with Crippen LogP contribution in [0.15, 0.2) is 0 Å². The topological polar surface area (TPSA) is 46.5 Å². The van der Waals surface area contributed by atoms with Crippen molar-refractivity contribution in [3.8, 4) is 0 Å². The molecule has 0 aromatic carbocycles. The van der Waals surface area contributed by atoms with Crippen LogP contribution in [0.25, 0.3) is 0 Å². The predicted molar refractivity (Wildman–Crippen MR) is 64.7 cm³/mol. The molecule has 2 aliphatic carbocycles. The Bertz CT molecular complexity index is 278. The number of rotatable bonds is 3. The molecule has 0 aromatic heterocycles. The second-order valence-electron chi connectivity index (χ2n) is 5.60. The van der Waals surface area contributed by atoms with Crippen molar-refractivity contribution < 1.29 is 14.0 Å². The second-order valence-corrected chi connectivity index (χ2v) is 7.65. The van der Waals surface area contributed by atoms with Gasteiger partial charge in [0.05, 0.1) is 11.3 Å². The largest absolute Gasteiger partial charge is 0.331 e. The van der Waals surface area contributed by atoms with Gasteiger partial charge in [0.15, 0.2) is 0 Å². The molecule has 0 amide bonds. The van der Waals surface area contributed by atoms with Gasteiger partial charge in [-0.25, -0.2) is 0 Å². The minimum Gasteiger partial charge on any atom is -0.324 e. The molecule has 2 saturated carbocycles. The van der Waals surface area contributed by atoms with Crippen molar-refractivity contribution in [2.45, 2.75) is 76.0 Å². The minimum absolute atomic E-state index is 0.0984. The lowest BCUT2D eigenvalue weighted by Gasteiger charge is -2.32. The Balaban J connectivity index is 1.98. The summed E-state index contributed by atoms with van der Waals surface area (Å²) in [5.41, 5.74) is -0.430. The van der Waals surface area contributed by atoms with E-state index in [4.69, 9.17) is 4.52 Å². The third-order valence-corrected chi connectivity index (χ3v) is 6.19. The van der Waals surface area contributed by atoms with Gasteiger partial charge in [0.2, 0.25) is 0 Å². The van der Waals surface area contributed by atoms with Crippen molar-refractivity contribution in [2.24, 2.45) is 0 Å². The molecule has 2 aliphatic rings. The highest BCUT2D eigenvalue weighted by Gasteiger charge is 2.41. The molecule has 0 spiro atoms. The molecule has 1 atom stereocenters. The summed E-state index contributed by atoms with van der Waals surface area (Å²) in [6, 6.07) is 0. The Hall–Kier alpha value is 0.150. The summed E-state index contributed by atoms with van der Waals surface area (Å²) in [4.78, 5) is 10.1. The minimum atomic E-state index is -3.38. The molecule has 4 heteroatoms. The van der Waals surface area contributed by atoms with Gasteiger partial charge in [-0.15, -0.1) is 0 Å². The van der Waals surface area contributed by atoms with Crippen molar-refractivity contribution in [1.29, 1.82) is 0 Å². The molecule has 1 unspecified atom stereocenters. The molecule has 0 bridgehead atoms. The lowest BCUT2D eigenvalue weighted by molar-refractivity contribution is 0.0760. The van der Waals surface area contributed by atoms with E-state index in [0.29, 0.717) is 0 Å². The van der Waals surface area contributed by atoms with Crippen LogP contribution in [0.4, 0.5) is 0 Å². The van der Waals surface area contributed by atoms with Crippen LogP contribution in [-0.4, -0.2) is 16.2 Å². The first-order chi connectivity index (χ1) is 7.52. The fourth-order valence-corrected chi connectivity index (χ4v) is 4.99. The SMILES string of the molecule is CC1(OP(=O)(O)C2CCCCC2)CCCC1. The third-order valence-electron chi connectivity index (χ3n) is 4.05. The zero-order valence-electron chi connectivity index (χ0n) is 10.2. The summed E-state index contributed by atoms with van der Waals surface area (Å²) in [6.45, 7) is 1.99. The molecule has 2 fully saturated rings. The van der Waals surface area contributed by atoms with E-state index in [0.717, 1.165) is 51.4 Å². The molecular weight excluding hydrogens is 223 g/mol. The van der Waals surface area contributed by atoms with Gasteiger partial charge in [0.1, 0.15) is 0 Å². The van der Waals surface area contributed by atoms with E-state index >= 15 is 0 Å². The zero-order valence-corrected chi connectivity index (χ0v) is 11.0. The van der Waals surface area contributed by atoms with Crippen LogP contribution in [0.2, 0.25) is 0 Å². The molecule has 16 heavy (non-hydrogen) atoms. The zero-order chi connectivity index (χ0) is 11.6. The molecule has 0 aromatic rings. The molecule has 0 heterocycles. The van der Waals surface area contributed by atoms with Crippen LogP contribution in [0.1, 0.15) is 64.7 Å². The Labute approximate surface area is 98.1 Å². The summed E-state index contributed by atoms with van der Waals surface area (Å²) >= 11 is 0. The van der Waals surface area contributed by atoms with Crippen molar-refractivity contribution in [2.75, 3.05) is 0 Å². The molecule has 2 rings (SSSR count). The van der Waals surface area contributed by atoms with Gasteiger partial charge in [-0.2, -0.15) is 0 Å². The van der Waals surface area contributed by atoms with E-state index in [1.165, 1.54) is 6.42 Å². The van der Waals surface area contributed by atoms with Gasteiger partial charge in [-0.1, -0.05) is 32.1 Å². The molecule has 94 valence electrons. The first-order valence-corrected chi connectivity index (χ1v) is 8.20. The maximum absolute atomic E-state index is 12.3. The molecule has 1 N–H and O–H groups in total. The standard InChI is InChI=1S/C12H23O3P/c1-12(9-5-6-10-12)15-16(13,14)11-7-3-2-4-8-11/h11H,2-10H2,1H3,(H,13,14). The van der Waals surface area contributed by atoms with Gasteiger partial charge in [0, 0.05) is 0 Å². The van der Waals surface area contributed by atoms with E-state index in [1.54, 1.807) is 0 Å². The van der Waals surface area contributed by atoms with Crippen molar-refractivity contribution in [1.82, 2.24) is 0 Å². The van der Waals surface area contributed by atoms with Gasteiger partial charge in [-0.3, -0.25) is 4.57 Å². The first-order valence-electron chi connectivity index (χ1n) is 6.55. The van der Waals surface area contributed by atoms with Gasteiger partial charge < -0.3 is 9.42 Å². The highest BCUT2D eigenvalue weighted by molar-refractivity contribution is 7.53. The molecule has 0 aliphatic heterocycles. The van der Waals surface area contributed by atoms with Crippen molar-refractivity contribution in [3.05, 3.63) is 0 Å². The molecule has 0 saturated heterocycles. The lowest BCUT2D eigenvalue weighted by Crippen LogP contribution is -2.26. The normalized spacial score (nSPS) is 30.1. The van der Waals surface area contributed by atoms with E-state index in [2.05, 4.69) is 0 Å². The summed E-state index contributed by atoms with van der Waals surface area (Å²) in [7, 11) is -3.38. The monoisotopic (exact) mass is 246 g/mol. The van der Waals surface area contributed by atoms with Crippen LogP contribution in [0, 0.1) is 0 Å². The third kappa shape index (κ3) is 2.88. The predicted octanol–water partition coefficient (Wildman–Crippen LogP) is 3.85. The van der Waals surface area contributed by atoms with Gasteiger partial charge in [-0.05, 0) is 32.6 Å². The Morgan fingerprint density at radius 2 is 1.69 bits per heavy atom. The highest BCUT2D eigenvalue weighted by atomic mass is 31.2. The fraction of sp³-hybridized carbons (Fsp3) is 1.00. The maximum Gasteiger partial charge on any atom is 0.331 e. The Kier molecular flexibility index (Phi) is 3.78. The highest BCUT2D eigenvalue weighted by Crippen LogP contribution is 2.57. The number of hydrogen-bond acceptors (Lipinski definition) is 2. The van der Waals surface area contributed by atoms with Gasteiger partial charge in [0.25, 0.3) is 0 Å². The van der Waals surface area contributed by atoms with Crippen molar-refractivity contribution in [3.63, 3.8) is 0 Å². The van der Waals surface area contributed by atoms with Gasteiger partial charge >= 0.3 is 7.60 Å². The number of hydrogen-bond donors (Lipinski definition) is 1. The summed E-state index contributed by atoms with van der Waals surface area (Å²) in [6.07, 6.45) is 9.21. The molecular formula is C12H23O3P.